The van der Waals surface area contributed by atoms with Crippen LogP contribution in [0.3, 0.4) is 0 Å². The molecule has 1 aromatic rings. The summed E-state index contributed by atoms with van der Waals surface area (Å²) >= 11 is 0. The van der Waals surface area contributed by atoms with Gasteiger partial charge in [0.1, 0.15) is 0 Å². The monoisotopic (exact) mass is 156 g/mol. The molecule has 11 heavy (non-hydrogen) atoms. The maximum Gasteiger partial charge on any atom is 0.157 e. The minimum absolute atomic E-state index is 0.0764. The predicted octanol–water partition coefficient (Wildman–Crippen LogP) is 1.10. The van der Waals surface area contributed by atoms with E-state index in [9.17, 15) is 0 Å². The van der Waals surface area contributed by atoms with E-state index >= 15 is 0 Å². The Balaban J connectivity index is 0.000000292. The van der Waals surface area contributed by atoms with Crippen molar-refractivity contribution in [2.24, 2.45) is 0 Å². The first-order chi connectivity index (χ1) is 5.22. The molecule has 0 radical (unpaired) electrons. The summed E-state index contributed by atoms with van der Waals surface area (Å²) in [6.45, 7) is 1.93. The molecule has 0 aliphatic heterocycles. The lowest BCUT2D eigenvalue weighted by Gasteiger charge is -1.91. The lowest BCUT2D eigenvalue weighted by molar-refractivity contribution is 0.318. The van der Waals surface area contributed by atoms with Gasteiger partial charge in [0, 0.05) is 6.61 Å². The number of phenolic OH excluding ortho intramolecular Hbond substituents is 2. The van der Waals surface area contributed by atoms with Gasteiger partial charge in [-0.25, -0.2) is 0 Å². The van der Waals surface area contributed by atoms with Gasteiger partial charge >= 0.3 is 0 Å². The Labute approximate surface area is 65.5 Å². The molecule has 0 atom stereocenters. The average molecular weight is 156 g/mol. The van der Waals surface area contributed by atoms with E-state index in [0.717, 1.165) is 0 Å². The van der Waals surface area contributed by atoms with Gasteiger partial charge in [-0.05, 0) is 19.1 Å². The zero-order valence-corrected chi connectivity index (χ0v) is 6.36. The van der Waals surface area contributed by atoms with Crippen LogP contribution in [0.5, 0.6) is 11.5 Å². The Morgan fingerprint density at radius 2 is 1.36 bits per heavy atom. The van der Waals surface area contributed by atoms with Gasteiger partial charge in [-0.1, -0.05) is 12.1 Å². The van der Waals surface area contributed by atoms with Gasteiger partial charge in [0.15, 0.2) is 11.5 Å². The number of phenols is 2. The van der Waals surface area contributed by atoms with Gasteiger partial charge in [0.05, 0.1) is 0 Å². The molecule has 0 fully saturated rings. The van der Waals surface area contributed by atoms with E-state index in [1.54, 1.807) is 19.1 Å². The fourth-order valence-corrected chi connectivity index (χ4v) is 0.464. The van der Waals surface area contributed by atoms with Crippen LogP contribution in [-0.4, -0.2) is 21.9 Å². The number of hydrogen-bond donors (Lipinski definition) is 3. The standard InChI is InChI=1S/C6H6O2.C2H6O/c7-5-3-1-2-4-6(5)8;1-2-3/h1-4,7-8H;3H,2H2,1H3. The number of aromatic hydroxyl groups is 2. The van der Waals surface area contributed by atoms with Crippen LogP contribution in [0.1, 0.15) is 6.92 Å². The van der Waals surface area contributed by atoms with Gasteiger partial charge in [0.2, 0.25) is 0 Å². The SMILES string of the molecule is CCO.Oc1ccccc1O. The van der Waals surface area contributed by atoms with E-state index in [0.29, 0.717) is 0 Å². The smallest absolute Gasteiger partial charge is 0.157 e. The molecule has 0 amide bonds. The molecule has 1 aromatic carbocycles. The van der Waals surface area contributed by atoms with E-state index in [-0.39, 0.29) is 18.1 Å². The predicted molar refractivity (Wildman–Crippen MR) is 42.5 cm³/mol. The lowest BCUT2D eigenvalue weighted by atomic mass is 10.3. The minimum Gasteiger partial charge on any atom is -0.504 e. The van der Waals surface area contributed by atoms with Crippen LogP contribution in [0.2, 0.25) is 0 Å². The molecule has 0 unspecified atom stereocenters. The fraction of sp³-hybridized carbons (Fsp3) is 0.250. The van der Waals surface area contributed by atoms with Crippen molar-refractivity contribution < 1.29 is 15.3 Å². The van der Waals surface area contributed by atoms with E-state index < -0.39 is 0 Å². The van der Waals surface area contributed by atoms with E-state index in [1.165, 1.54) is 12.1 Å². The van der Waals surface area contributed by atoms with Gasteiger partial charge in [-0.2, -0.15) is 0 Å². The first-order valence-corrected chi connectivity index (χ1v) is 3.30. The first-order valence-electron chi connectivity index (χ1n) is 3.30. The van der Waals surface area contributed by atoms with E-state index in [4.69, 9.17) is 15.3 Å². The van der Waals surface area contributed by atoms with Gasteiger partial charge in [-0.15, -0.1) is 0 Å². The molecule has 0 bridgehead atoms. The Kier molecular flexibility index (Phi) is 4.94. The maximum absolute atomic E-state index is 8.67. The normalized spacial score (nSPS) is 8.18. The van der Waals surface area contributed by atoms with Crippen molar-refractivity contribution in [2.75, 3.05) is 6.61 Å². The molecule has 3 nitrogen and oxygen atoms in total. The summed E-state index contributed by atoms with van der Waals surface area (Å²) in [6, 6.07) is 6.15. The third kappa shape index (κ3) is 4.22. The molecule has 0 aliphatic carbocycles. The lowest BCUT2D eigenvalue weighted by Crippen LogP contribution is -1.63. The maximum atomic E-state index is 8.67. The number of benzene rings is 1. The van der Waals surface area contributed by atoms with Crippen LogP contribution in [0.15, 0.2) is 24.3 Å². The van der Waals surface area contributed by atoms with Crippen molar-refractivity contribution in [1.82, 2.24) is 0 Å². The van der Waals surface area contributed by atoms with Gasteiger partial charge < -0.3 is 15.3 Å². The first kappa shape index (κ1) is 9.78. The summed E-state index contributed by atoms with van der Waals surface area (Å²) in [5, 5.41) is 24.9. The third-order valence-electron chi connectivity index (χ3n) is 0.882. The molecule has 3 N–H and O–H groups in total. The molecular formula is C8H12O3. The number of rotatable bonds is 0. The van der Waals surface area contributed by atoms with Crippen molar-refractivity contribution >= 4 is 0 Å². The summed E-state index contributed by atoms with van der Waals surface area (Å²) in [7, 11) is 0. The van der Waals surface area contributed by atoms with E-state index in [2.05, 4.69) is 0 Å². The van der Waals surface area contributed by atoms with Crippen molar-refractivity contribution in [3.8, 4) is 11.5 Å². The Morgan fingerprint density at radius 1 is 1.09 bits per heavy atom. The Bertz CT molecular complexity index is 177. The molecule has 0 saturated carbocycles. The molecule has 62 valence electrons. The zero-order valence-electron chi connectivity index (χ0n) is 6.36. The summed E-state index contributed by atoms with van der Waals surface area (Å²) in [5.74, 6) is -0.153. The van der Waals surface area contributed by atoms with Crippen LogP contribution in [0.4, 0.5) is 0 Å². The van der Waals surface area contributed by atoms with Crippen LogP contribution in [0.25, 0.3) is 0 Å². The number of para-hydroxylation sites is 2. The van der Waals surface area contributed by atoms with Gasteiger partial charge in [0.25, 0.3) is 0 Å². The molecule has 1 rings (SSSR count). The second-order valence-electron chi connectivity index (χ2n) is 1.80. The topological polar surface area (TPSA) is 60.7 Å². The molecule has 0 saturated heterocycles. The highest BCUT2D eigenvalue weighted by Gasteiger charge is 1.90. The highest BCUT2D eigenvalue weighted by Crippen LogP contribution is 2.21. The molecule has 0 aliphatic rings. The Hall–Kier alpha value is -1.22. The summed E-state index contributed by atoms with van der Waals surface area (Å²) in [4.78, 5) is 0. The fourth-order valence-electron chi connectivity index (χ4n) is 0.464. The molecule has 3 heteroatoms. The van der Waals surface area contributed by atoms with Crippen LogP contribution >= 0.6 is 0 Å². The molecule has 0 aromatic heterocycles. The quantitative estimate of drug-likeness (QED) is 0.493. The van der Waals surface area contributed by atoms with Crippen LogP contribution in [-0.2, 0) is 0 Å². The number of hydrogen-bond acceptors (Lipinski definition) is 3. The third-order valence-corrected chi connectivity index (χ3v) is 0.882. The van der Waals surface area contributed by atoms with Crippen LogP contribution in [0, 0.1) is 0 Å². The number of aliphatic hydroxyl groups excluding tert-OH is 1. The van der Waals surface area contributed by atoms with Crippen LogP contribution < -0.4 is 0 Å². The second kappa shape index (κ2) is 5.56. The summed E-state index contributed by atoms with van der Waals surface area (Å²) in [6.07, 6.45) is 0. The van der Waals surface area contributed by atoms with Crippen molar-refractivity contribution in [2.45, 2.75) is 6.92 Å². The molecule has 0 spiro atoms. The molecule has 0 heterocycles. The average Bonchev–Trinajstić information content (AvgIpc) is 1.97. The Morgan fingerprint density at radius 3 is 1.55 bits per heavy atom. The minimum atomic E-state index is -0.0764. The van der Waals surface area contributed by atoms with E-state index in [1.807, 2.05) is 0 Å². The van der Waals surface area contributed by atoms with Crippen molar-refractivity contribution in [3.05, 3.63) is 24.3 Å². The van der Waals surface area contributed by atoms with Gasteiger partial charge in [-0.3, -0.25) is 0 Å². The largest absolute Gasteiger partial charge is 0.504 e. The van der Waals surface area contributed by atoms with Crippen molar-refractivity contribution in [1.29, 1.82) is 0 Å². The summed E-state index contributed by atoms with van der Waals surface area (Å²) < 4.78 is 0. The highest BCUT2D eigenvalue weighted by atomic mass is 16.3. The second-order valence-corrected chi connectivity index (χ2v) is 1.80. The van der Waals surface area contributed by atoms with Crippen molar-refractivity contribution in [3.63, 3.8) is 0 Å². The molecular weight excluding hydrogens is 144 g/mol. The summed E-state index contributed by atoms with van der Waals surface area (Å²) in [5.41, 5.74) is 0. The zero-order chi connectivity index (χ0) is 8.69. The highest BCUT2D eigenvalue weighted by molar-refractivity contribution is 5.36. The number of aliphatic hydroxyl groups is 1.